The van der Waals surface area contributed by atoms with E-state index in [0.29, 0.717) is 42.3 Å². The Balaban J connectivity index is 1.57. The van der Waals surface area contributed by atoms with Gasteiger partial charge < -0.3 is 9.64 Å². The molecule has 0 aliphatic carbocycles. The minimum atomic E-state index is -3.96. The number of benzene rings is 2. The van der Waals surface area contributed by atoms with Crippen LogP contribution in [0.1, 0.15) is 18.1 Å². The number of hydrogen-bond donors (Lipinski definition) is 1. The van der Waals surface area contributed by atoms with Crippen LogP contribution in [0.2, 0.25) is 5.02 Å². The van der Waals surface area contributed by atoms with Crippen molar-refractivity contribution in [3.63, 3.8) is 0 Å². The summed E-state index contributed by atoms with van der Waals surface area (Å²) in [6.45, 7) is 3.54. The van der Waals surface area contributed by atoms with Crippen molar-refractivity contribution < 1.29 is 31.5 Å². The molecule has 2 aromatic carbocycles. The molecule has 1 atom stereocenters. The number of piperazine rings is 1. The van der Waals surface area contributed by atoms with E-state index in [4.69, 9.17) is 21.5 Å². The molecule has 12 heteroatoms. The number of ether oxygens (including phenoxy) is 1. The Hall–Kier alpha value is -2.60. The molecule has 3 rings (SSSR count). The van der Waals surface area contributed by atoms with Crippen molar-refractivity contribution in [3.8, 4) is 5.75 Å². The lowest BCUT2D eigenvalue weighted by Crippen LogP contribution is -2.54. The van der Waals surface area contributed by atoms with Crippen LogP contribution in [0.5, 0.6) is 5.75 Å². The normalized spacial score (nSPS) is 16.8. The number of carbonyl (C=O) groups excluding carboxylic acids is 2. The Labute approximate surface area is 207 Å². The smallest absolute Gasteiger partial charge is 0.260 e. The maximum Gasteiger partial charge on any atom is 0.260 e. The number of hydrogen-bond acceptors (Lipinski definition) is 6. The van der Waals surface area contributed by atoms with Gasteiger partial charge in [0.1, 0.15) is 11.5 Å². The number of nitrogens with two attached hydrogens (primary N) is 1. The third-order valence-corrected chi connectivity index (χ3v) is 6.51. The summed E-state index contributed by atoms with van der Waals surface area (Å²) in [5.41, 5.74) is 0.995. The number of primary sulfonamides is 1. The molecule has 0 unspecified atom stereocenters. The SMILES string of the molecule is C[C@@H]1CN(Cc2ccc(F)c(F)c2)CCN1C(=O)COc1ccc(Cl)cc1CC(=O)CS(N)(=O)=O. The van der Waals surface area contributed by atoms with Gasteiger partial charge >= 0.3 is 0 Å². The lowest BCUT2D eigenvalue weighted by molar-refractivity contribution is -0.138. The Bertz CT molecular complexity index is 1210. The second-order valence-corrected chi connectivity index (χ2v) is 10.5. The summed E-state index contributed by atoms with van der Waals surface area (Å²) < 4.78 is 54.6. The number of carbonyl (C=O) groups is 2. The summed E-state index contributed by atoms with van der Waals surface area (Å²) in [6.07, 6.45) is -0.264. The van der Waals surface area contributed by atoms with Crippen molar-refractivity contribution in [1.29, 1.82) is 0 Å². The minimum absolute atomic E-state index is 0.147. The van der Waals surface area contributed by atoms with E-state index in [0.717, 1.165) is 6.07 Å². The number of sulfonamides is 1. The molecule has 1 fully saturated rings. The molecular weight excluding hydrogens is 504 g/mol. The van der Waals surface area contributed by atoms with Crippen LogP contribution in [0.25, 0.3) is 0 Å². The maximum atomic E-state index is 13.5. The molecule has 8 nitrogen and oxygen atoms in total. The zero-order valence-corrected chi connectivity index (χ0v) is 20.6. The van der Waals surface area contributed by atoms with E-state index >= 15 is 0 Å². The molecule has 1 heterocycles. The molecule has 0 spiro atoms. The Morgan fingerprint density at radius 2 is 1.89 bits per heavy atom. The van der Waals surface area contributed by atoms with Crippen LogP contribution in [-0.4, -0.2) is 67.9 Å². The molecule has 0 aromatic heterocycles. The average molecular weight is 530 g/mol. The number of nitrogens with zero attached hydrogens (tertiary/aromatic N) is 2. The highest BCUT2D eigenvalue weighted by Crippen LogP contribution is 2.24. The Morgan fingerprint density at radius 1 is 1.14 bits per heavy atom. The van der Waals surface area contributed by atoms with Crippen molar-refractivity contribution in [2.75, 3.05) is 32.0 Å². The molecule has 1 aliphatic heterocycles. The number of Topliss-reactive ketones (excluding diaryl/α,β-unsaturated/α-hetero) is 1. The van der Waals surface area contributed by atoms with Crippen molar-refractivity contribution >= 4 is 33.3 Å². The molecule has 1 saturated heterocycles. The zero-order chi connectivity index (χ0) is 25.8. The van der Waals surface area contributed by atoms with Crippen LogP contribution in [0.3, 0.4) is 0 Å². The molecule has 190 valence electrons. The summed E-state index contributed by atoms with van der Waals surface area (Å²) in [5, 5.41) is 5.25. The van der Waals surface area contributed by atoms with E-state index < -0.39 is 33.2 Å². The first kappa shape index (κ1) is 27.0. The van der Waals surface area contributed by atoms with E-state index in [1.807, 2.05) is 6.92 Å². The zero-order valence-electron chi connectivity index (χ0n) is 19.0. The largest absolute Gasteiger partial charge is 0.483 e. The summed E-state index contributed by atoms with van der Waals surface area (Å²) >= 11 is 6.00. The fourth-order valence-corrected chi connectivity index (χ4v) is 4.73. The van der Waals surface area contributed by atoms with Gasteiger partial charge in [-0.15, -0.1) is 0 Å². The van der Waals surface area contributed by atoms with Gasteiger partial charge in [0.15, 0.2) is 24.0 Å². The molecule has 1 amide bonds. The topological polar surface area (TPSA) is 110 Å². The molecule has 2 N–H and O–H groups in total. The van der Waals surface area contributed by atoms with Crippen LogP contribution < -0.4 is 9.88 Å². The monoisotopic (exact) mass is 529 g/mol. The third-order valence-electron chi connectivity index (χ3n) is 5.55. The average Bonchev–Trinajstić information content (AvgIpc) is 2.74. The number of ketones is 1. The third kappa shape index (κ3) is 7.96. The lowest BCUT2D eigenvalue weighted by atomic mass is 10.1. The number of rotatable bonds is 9. The molecule has 1 aliphatic rings. The molecule has 2 aromatic rings. The lowest BCUT2D eigenvalue weighted by Gasteiger charge is -2.39. The molecule has 0 saturated carbocycles. The highest BCUT2D eigenvalue weighted by Gasteiger charge is 2.28. The first-order chi connectivity index (χ1) is 16.4. The fourth-order valence-electron chi connectivity index (χ4n) is 3.98. The summed E-state index contributed by atoms with van der Waals surface area (Å²) in [5.74, 6) is -3.25. The van der Waals surface area contributed by atoms with Gasteiger partial charge in [-0.1, -0.05) is 17.7 Å². The van der Waals surface area contributed by atoms with Gasteiger partial charge in [-0.2, -0.15) is 0 Å². The second kappa shape index (κ2) is 11.4. The summed E-state index contributed by atoms with van der Waals surface area (Å²) in [6, 6.07) is 8.17. The van der Waals surface area contributed by atoms with Gasteiger partial charge in [-0.25, -0.2) is 22.3 Å². The van der Waals surface area contributed by atoms with E-state index in [-0.39, 0.29) is 30.7 Å². The van der Waals surface area contributed by atoms with E-state index in [1.54, 1.807) is 4.90 Å². The van der Waals surface area contributed by atoms with Crippen LogP contribution in [-0.2, 0) is 32.6 Å². The first-order valence-electron chi connectivity index (χ1n) is 10.8. The Kier molecular flexibility index (Phi) is 8.81. The molecule has 0 radical (unpaired) electrons. The van der Waals surface area contributed by atoms with Crippen LogP contribution in [0, 0.1) is 11.6 Å². The highest BCUT2D eigenvalue weighted by atomic mass is 35.5. The van der Waals surface area contributed by atoms with Gasteiger partial charge in [-0.05, 0) is 42.8 Å². The fraction of sp³-hybridized carbons (Fsp3) is 0.391. The Morgan fingerprint density at radius 3 is 2.54 bits per heavy atom. The van der Waals surface area contributed by atoms with E-state index in [9.17, 15) is 26.8 Å². The van der Waals surface area contributed by atoms with Gasteiger partial charge in [-0.3, -0.25) is 14.5 Å². The maximum absolute atomic E-state index is 13.5. The predicted octanol–water partition coefficient (Wildman–Crippen LogP) is 2.13. The highest BCUT2D eigenvalue weighted by molar-refractivity contribution is 7.89. The second-order valence-electron chi connectivity index (χ2n) is 8.48. The van der Waals surface area contributed by atoms with Crippen molar-refractivity contribution in [2.45, 2.75) is 25.9 Å². The summed E-state index contributed by atoms with van der Waals surface area (Å²) in [7, 11) is -3.96. The number of amides is 1. The van der Waals surface area contributed by atoms with E-state index in [1.165, 1.54) is 30.3 Å². The van der Waals surface area contributed by atoms with Crippen molar-refractivity contribution in [2.24, 2.45) is 5.14 Å². The minimum Gasteiger partial charge on any atom is -0.483 e. The standard InChI is InChI=1S/C23H26ClF2N3O5S/c1-15-11-28(12-16-2-4-20(25)21(26)8-16)6-7-29(15)23(31)13-34-22-5-3-18(24)9-17(22)10-19(30)14-35(27,32)33/h2-5,8-9,15H,6-7,10-14H2,1H3,(H2,27,32,33)/t15-/m1/s1. The van der Waals surface area contributed by atoms with Gasteiger partial charge in [0.05, 0.1) is 0 Å². The van der Waals surface area contributed by atoms with Crippen LogP contribution >= 0.6 is 11.6 Å². The van der Waals surface area contributed by atoms with Gasteiger partial charge in [0.25, 0.3) is 5.91 Å². The molecule has 0 bridgehead atoms. The van der Waals surface area contributed by atoms with Crippen molar-refractivity contribution in [1.82, 2.24) is 9.80 Å². The van der Waals surface area contributed by atoms with Gasteiger partial charge in [0.2, 0.25) is 10.0 Å². The molecule has 35 heavy (non-hydrogen) atoms. The van der Waals surface area contributed by atoms with Crippen LogP contribution in [0.15, 0.2) is 36.4 Å². The first-order valence-corrected chi connectivity index (χ1v) is 12.9. The quantitative estimate of drug-likeness (QED) is 0.533. The number of halogens is 3. The molecular formula is C23H26ClF2N3O5S. The van der Waals surface area contributed by atoms with Crippen LogP contribution in [0.4, 0.5) is 8.78 Å². The predicted molar refractivity (Wildman–Crippen MR) is 126 cm³/mol. The van der Waals surface area contributed by atoms with Gasteiger partial charge in [0, 0.05) is 49.2 Å². The van der Waals surface area contributed by atoms with E-state index in [2.05, 4.69) is 4.90 Å². The van der Waals surface area contributed by atoms with Crippen molar-refractivity contribution in [3.05, 3.63) is 64.2 Å². The summed E-state index contributed by atoms with van der Waals surface area (Å²) in [4.78, 5) is 28.6.